The van der Waals surface area contributed by atoms with Gasteiger partial charge < -0.3 is 18.1 Å². The van der Waals surface area contributed by atoms with Crippen molar-refractivity contribution in [3.8, 4) is 0 Å². The van der Waals surface area contributed by atoms with Gasteiger partial charge in [-0.2, -0.15) is 0 Å². The van der Waals surface area contributed by atoms with E-state index in [-0.39, 0.29) is 12.4 Å². The number of nitrogen functional groups attached to an aromatic ring is 1. The highest BCUT2D eigenvalue weighted by Gasteiger charge is 2.18. The van der Waals surface area contributed by atoms with Gasteiger partial charge in [-0.1, -0.05) is 18.2 Å². The van der Waals surface area contributed by atoms with Gasteiger partial charge in [0, 0.05) is 10.7 Å². The van der Waals surface area contributed by atoms with E-state index in [1.807, 2.05) is 30.3 Å². The summed E-state index contributed by atoms with van der Waals surface area (Å²) in [6, 6.07) is 16.5. The number of anilines is 3. The number of nitrogens with zero attached hydrogens (tertiary/aromatic N) is 3. The Kier molecular flexibility index (Phi) is 4.32. The molecule has 4 nitrogen and oxygen atoms in total. The van der Waals surface area contributed by atoms with Crippen molar-refractivity contribution in [1.82, 2.24) is 0 Å². The first-order valence-corrected chi connectivity index (χ1v) is 4.87. The SMILES string of the molecule is N#[N+]N(c1ccccc1)c1ccc(N)cc1.[Cl-]. The lowest BCUT2D eigenvalue weighted by Crippen LogP contribution is -3.00. The fourth-order valence-corrected chi connectivity index (χ4v) is 1.44. The van der Waals surface area contributed by atoms with E-state index >= 15 is 0 Å². The van der Waals surface area contributed by atoms with Crippen LogP contribution >= 0.6 is 0 Å². The molecule has 0 saturated carbocycles. The number of nitrogens with two attached hydrogens (primary N) is 1. The standard InChI is InChI=1S/C12H11N4.ClH/c13-10-6-8-12(9-7-10)16(15-14)11-4-2-1-3-5-11;/h1-9H,13H2;1H/q+1;/p-1. The maximum atomic E-state index is 9.02. The highest BCUT2D eigenvalue weighted by atomic mass is 35.5. The predicted molar refractivity (Wildman–Crippen MR) is 64.5 cm³/mol. The van der Waals surface area contributed by atoms with Crippen LogP contribution in [0.25, 0.3) is 5.08 Å². The summed E-state index contributed by atoms with van der Waals surface area (Å²) in [4.78, 5) is 0. The first-order chi connectivity index (χ1) is 7.81. The van der Waals surface area contributed by atoms with Crippen LogP contribution in [0.5, 0.6) is 0 Å². The quantitative estimate of drug-likeness (QED) is 0.467. The molecule has 86 valence electrons. The fraction of sp³-hybridized carbons (Fsp3) is 0. The van der Waals surface area contributed by atoms with E-state index in [4.69, 9.17) is 11.1 Å². The molecule has 0 aliphatic heterocycles. The molecule has 0 amide bonds. The summed E-state index contributed by atoms with van der Waals surface area (Å²) in [6.07, 6.45) is 0. The van der Waals surface area contributed by atoms with Crippen molar-refractivity contribution in [2.75, 3.05) is 10.7 Å². The molecular formula is C12H11ClN4. The molecule has 2 aromatic rings. The van der Waals surface area contributed by atoms with Crippen LogP contribution in [-0.2, 0) is 0 Å². The van der Waals surface area contributed by atoms with Crippen LogP contribution in [0, 0.1) is 5.39 Å². The maximum absolute atomic E-state index is 9.02. The van der Waals surface area contributed by atoms with E-state index in [1.54, 1.807) is 24.3 Å². The second-order valence-electron chi connectivity index (χ2n) is 3.33. The largest absolute Gasteiger partial charge is 1.00 e. The Balaban J connectivity index is 0.00000144. The van der Waals surface area contributed by atoms with Crippen molar-refractivity contribution in [2.24, 2.45) is 0 Å². The second-order valence-corrected chi connectivity index (χ2v) is 3.33. The van der Waals surface area contributed by atoms with E-state index in [0.29, 0.717) is 5.69 Å². The van der Waals surface area contributed by atoms with Crippen LogP contribution in [0.3, 0.4) is 0 Å². The van der Waals surface area contributed by atoms with Gasteiger partial charge in [0.1, 0.15) is 11.4 Å². The number of benzene rings is 2. The number of hydrogen-bond donors (Lipinski definition) is 1. The van der Waals surface area contributed by atoms with Crippen LogP contribution < -0.4 is 23.1 Å². The lowest BCUT2D eigenvalue weighted by atomic mass is 10.2. The Hall–Kier alpha value is -2.25. The summed E-state index contributed by atoms with van der Waals surface area (Å²) in [5.41, 5.74) is 7.81. The Morgan fingerprint density at radius 2 is 1.41 bits per heavy atom. The number of diazo groups is 1. The molecule has 0 heterocycles. The van der Waals surface area contributed by atoms with E-state index in [1.165, 1.54) is 5.01 Å². The van der Waals surface area contributed by atoms with Crippen molar-refractivity contribution in [1.29, 1.82) is 5.39 Å². The summed E-state index contributed by atoms with van der Waals surface area (Å²) in [7, 11) is 0. The van der Waals surface area contributed by atoms with Crippen molar-refractivity contribution < 1.29 is 12.4 Å². The van der Waals surface area contributed by atoms with Crippen LogP contribution in [-0.4, -0.2) is 0 Å². The molecule has 0 atom stereocenters. The van der Waals surface area contributed by atoms with E-state index in [0.717, 1.165) is 11.4 Å². The first-order valence-electron chi connectivity index (χ1n) is 4.87. The summed E-state index contributed by atoms with van der Waals surface area (Å²) in [5.74, 6) is 0. The van der Waals surface area contributed by atoms with E-state index in [9.17, 15) is 0 Å². The minimum absolute atomic E-state index is 0. The summed E-state index contributed by atoms with van der Waals surface area (Å²) >= 11 is 0. The summed E-state index contributed by atoms with van der Waals surface area (Å²) in [6.45, 7) is 0. The summed E-state index contributed by atoms with van der Waals surface area (Å²) < 4.78 is 0. The molecule has 2 aromatic carbocycles. The van der Waals surface area contributed by atoms with Gasteiger partial charge in [-0.05, 0) is 36.4 Å². The highest BCUT2D eigenvalue weighted by molar-refractivity contribution is 5.65. The van der Waals surface area contributed by atoms with Gasteiger partial charge in [0.25, 0.3) is 5.39 Å². The highest BCUT2D eigenvalue weighted by Crippen LogP contribution is 2.25. The minimum Gasteiger partial charge on any atom is -1.00 e. The van der Waals surface area contributed by atoms with Crippen LogP contribution in [0.1, 0.15) is 0 Å². The lowest BCUT2D eigenvalue weighted by molar-refractivity contribution is -0.00000343. The molecule has 0 bridgehead atoms. The normalized spacial score (nSPS) is 8.88. The lowest BCUT2D eigenvalue weighted by Gasteiger charge is -2.04. The van der Waals surface area contributed by atoms with Crippen molar-refractivity contribution in [3.63, 3.8) is 0 Å². The molecule has 0 aliphatic carbocycles. The van der Waals surface area contributed by atoms with Crippen molar-refractivity contribution >= 4 is 17.1 Å². The van der Waals surface area contributed by atoms with Crippen molar-refractivity contribution in [3.05, 3.63) is 59.7 Å². The average Bonchev–Trinajstić information content (AvgIpc) is 2.34. The van der Waals surface area contributed by atoms with Gasteiger partial charge in [0.15, 0.2) is 0 Å². The van der Waals surface area contributed by atoms with E-state index in [2.05, 4.69) is 5.08 Å². The van der Waals surface area contributed by atoms with Crippen LogP contribution in [0.4, 0.5) is 17.1 Å². The van der Waals surface area contributed by atoms with Gasteiger partial charge >= 0.3 is 5.08 Å². The minimum atomic E-state index is 0. The zero-order chi connectivity index (χ0) is 11.4. The van der Waals surface area contributed by atoms with Gasteiger partial charge in [-0.25, -0.2) is 0 Å². The molecular weight excluding hydrogens is 236 g/mol. The number of para-hydroxylation sites is 1. The number of hydrogen-bond acceptors (Lipinski definition) is 3. The van der Waals surface area contributed by atoms with Gasteiger partial charge in [0.2, 0.25) is 0 Å². The molecule has 2 N–H and O–H groups in total. The average molecular weight is 247 g/mol. The third-order valence-corrected chi connectivity index (χ3v) is 2.23. The zero-order valence-corrected chi connectivity index (χ0v) is 9.75. The van der Waals surface area contributed by atoms with E-state index < -0.39 is 0 Å². The fourth-order valence-electron chi connectivity index (χ4n) is 1.44. The Bertz CT molecular complexity index is 504. The molecule has 2 rings (SSSR count). The molecule has 17 heavy (non-hydrogen) atoms. The number of rotatable bonds is 2. The maximum Gasteiger partial charge on any atom is 0.316 e. The molecule has 0 aliphatic rings. The monoisotopic (exact) mass is 246 g/mol. The molecule has 0 unspecified atom stereocenters. The van der Waals surface area contributed by atoms with Crippen LogP contribution in [0.15, 0.2) is 54.6 Å². The summed E-state index contributed by atoms with van der Waals surface area (Å²) in [5, 5.41) is 13.7. The molecule has 0 fully saturated rings. The third-order valence-electron chi connectivity index (χ3n) is 2.23. The van der Waals surface area contributed by atoms with Crippen LogP contribution in [0.2, 0.25) is 0 Å². The Labute approximate surface area is 106 Å². The molecule has 0 saturated heterocycles. The topological polar surface area (TPSA) is 57.4 Å². The smallest absolute Gasteiger partial charge is 0.316 e. The van der Waals surface area contributed by atoms with Crippen molar-refractivity contribution in [2.45, 2.75) is 0 Å². The number of halogens is 1. The van der Waals surface area contributed by atoms with Gasteiger partial charge in [0.05, 0.1) is 0 Å². The molecule has 0 spiro atoms. The molecule has 0 radical (unpaired) electrons. The predicted octanol–water partition coefficient (Wildman–Crippen LogP) is 0.179. The molecule has 0 aromatic heterocycles. The zero-order valence-electron chi connectivity index (χ0n) is 8.99. The molecule has 5 heteroatoms. The Morgan fingerprint density at radius 1 is 0.882 bits per heavy atom. The second kappa shape index (κ2) is 5.73. The third kappa shape index (κ3) is 2.86. The Morgan fingerprint density at radius 3 is 1.94 bits per heavy atom. The first kappa shape index (κ1) is 12.8. The van der Waals surface area contributed by atoms with Gasteiger partial charge in [-0.3, -0.25) is 0 Å². The van der Waals surface area contributed by atoms with Gasteiger partial charge in [-0.15, -0.1) is 0 Å².